The molecule has 3 rings (SSSR count). The molecule has 0 bridgehead atoms. The Hall–Kier alpha value is -3.49. The molecule has 1 aromatic carbocycles. The Morgan fingerprint density at radius 2 is 1.96 bits per heavy atom. The largest absolute Gasteiger partial charge is 0.450 e. The van der Waals surface area contributed by atoms with Crippen LogP contribution in [0.4, 0.5) is 5.88 Å². The second-order valence-corrected chi connectivity index (χ2v) is 5.76. The van der Waals surface area contributed by atoms with E-state index in [4.69, 9.17) is 13.7 Å². The van der Waals surface area contributed by atoms with Crippen molar-refractivity contribution in [2.75, 3.05) is 0 Å². The van der Waals surface area contributed by atoms with Gasteiger partial charge in [0.2, 0.25) is 11.6 Å². The Morgan fingerprint density at radius 3 is 2.58 bits per heavy atom. The third kappa shape index (κ3) is 3.77. The number of hydrogen-bond donors (Lipinski definition) is 0. The summed E-state index contributed by atoms with van der Waals surface area (Å²) >= 11 is 0. The molecule has 0 radical (unpaired) electrons. The van der Waals surface area contributed by atoms with Crippen LogP contribution in [0, 0.1) is 10.1 Å². The number of nitro groups is 1. The zero-order valence-corrected chi connectivity index (χ0v) is 14.0. The third-order valence-corrected chi connectivity index (χ3v) is 3.60. The molecule has 2 aromatic heterocycles. The van der Waals surface area contributed by atoms with E-state index >= 15 is 0 Å². The molecule has 2 heterocycles. The first-order valence-electron chi connectivity index (χ1n) is 7.78. The fourth-order valence-electron chi connectivity index (χ4n) is 2.18. The lowest BCUT2D eigenvalue weighted by atomic mass is 10.0. The molecule has 9 heteroatoms. The average molecular weight is 357 g/mol. The molecule has 9 nitrogen and oxygen atoms in total. The second-order valence-electron chi connectivity index (χ2n) is 5.76. The Kier molecular flexibility index (Phi) is 4.78. The first-order chi connectivity index (χ1) is 12.4. The molecule has 0 aliphatic heterocycles. The van der Waals surface area contributed by atoms with Crippen molar-refractivity contribution in [1.82, 2.24) is 10.1 Å². The molecule has 0 amide bonds. The summed E-state index contributed by atoms with van der Waals surface area (Å²) in [5.74, 6) is -0.786. The van der Waals surface area contributed by atoms with Crippen molar-refractivity contribution in [3.8, 4) is 11.4 Å². The minimum atomic E-state index is -0.862. The molecule has 0 spiro atoms. The number of carbonyl (C=O) groups is 1. The number of carbonyl (C=O) groups excluding carboxylic acids is 1. The van der Waals surface area contributed by atoms with Gasteiger partial charge < -0.3 is 13.7 Å². The number of aromatic nitrogens is 2. The lowest BCUT2D eigenvalue weighted by Gasteiger charge is -2.04. The van der Waals surface area contributed by atoms with Crippen LogP contribution in [-0.4, -0.2) is 21.0 Å². The highest BCUT2D eigenvalue weighted by molar-refractivity contribution is 5.86. The number of furan rings is 1. The molecular formula is C17H15N3O6. The molecule has 0 aliphatic carbocycles. The molecule has 0 saturated carbocycles. The van der Waals surface area contributed by atoms with E-state index in [0.29, 0.717) is 11.7 Å². The lowest BCUT2D eigenvalue weighted by Crippen LogP contribution is -2.04. The maximum atomic E-state index is 11.8. The van der Waals surface area contributed by atoms with Gasteiger partial charge >= 0.3 is 11.9 Å². The third-order valence-electron chi connectivity index (χ3n) is 3.60. The predicted molar refractivity (Wildman–Crippen MR) is 88.3 cm³/mol. The normalized spacial score (nSPS) is 10.9. The van der Waals surface area contributed by atoms with E-state index in [1.165, 1.54) is 5.56 Å². The van der Waals surface area contributed by atoms with E-state index in [0.717, 1.165) is 17.7 Å². The van der Waals surface area contributed by atoms with E-state index in [9.17, 15) is 14.9 Å². The number of ether oxygens (including phenoxy) is 1. The van der Waals surface area contributed by atoms with Crippen molar-refractivity contribution in [2.24, 2.45) is 0 Å². The van der Waals surface area contributed by atoms with Crippen molar-refractivity contribution in [2.45, 2.75) is 26.4 Å². The molecule has 26 heavy (non-hydrogen) atoms. The maximum Gasteiger partial charge on any atom is 0.433 e. The molecule has 134 valence electrons. The highest BCUT2D eigenvalue weighted by Gasteiger charge is 2.19. The quantitative estimate of drug-likeness (QED) is 0.372. The zero-order chi connectivity index (χ0) is 18.7. The Bertz CT molecular complexity index is 926. The number of esters is 1. The molecule has 0 atom stereocenters. The van der Waals surface area contributed by atoms with E-state index < -0.39 is 16.8 Å². The van der Waals surface area contributed by atoms with Crippen molar-refractivity contribution < 1.29 is 23.4 Å². The topological polar surface area (TPSA) is 122 Å². The summed E-state index contributed by atoms with van der Waals surface area (Å²) in [6, 6.07) is 9.98. The van der Waals surface area contributed by atoms with Gasteiger partial charge in [-0.25, -0.2) is 4.79 Å². The average Bonchev–Trinajstić information content (AvgIpc) is 3.29. The summed E-state index contributed by atoms with van der Waals surface area (Å²) in [6.07, 6.45) is 0. The van der Waals surface area contributed by atoms with Crippen LogP contribution in [0.1, 0.15) is 41.8 Å². The van der Waals surface area contributed by atoms with Crippen LogP contribution in [0.5, 0.6) is 0 Å². The van der Waals surface area contributed by atoms with Crippen LogP contribution in [0.2, 0.25) is 0 Å². The highest BCUT2D eigenvalue weighted by atomic mass is 16.7. The summed E-state index contributed by atoms with van der Waals surface area (Å²) in [4.78, 5) is 25.8. The predicted octanol–water partition coefficient (Wildman–Crippen LogP) is 3.72. The van der Waals surface area contributed by atoms with Gasteiger partial charge in [0.1, 0.15) is 4.92 Å². The monoisotopic (exact) mass is 357 g/mol. The SMILES string of the molecule is CC(C)c1ccc(-c2noc(COC(=O)c3ccc([N+](=O)[O-])o3)n2)cc1. The fourth-order valence-corrected chi connectivity index (χ4v) is 2.18. The Morgan fingerprint density at radius 1 is 1.23 bits per heavy atom. The molecule has 0 saturated heterocycles. The minimum Gasteiger partial charge on any atom is -0.450 e. The van der Waals surface area contributed by atoms with Gasteiger partial charge in [-0.15, -0.1) is 0 Å². The van der Waals surface area contributed by atoms with Crippen LogP contribution >= 0.6 is 0 Å². The molecular weight excluding hydrogens is 342 g/mol. The van der Waals surface area contributed by atoms with E-state index in [1.807, 2.05) is 24.3 Å². The number of nitrogens with zero attached hydrogens (tertiary/aromatic N) is 3. The molecule has 3 aromatic rings. The zero-order valence-electron chi connectivity index (χ0n) is 14.0. The van der Waals surface area contributed by atoms with Gasteiger partial charge in [0.15, 0.2) is 6.61 Å². The van der Waals surface area contributed by atoms with Crippen LogP contribution in [0.15, 0.2) is 45.3 Å². The number of rotatable bonds is 6. The van der Waals surface area contributed by atoms with Crippen molar-refractivity contribution in [3.63, 3.8) is 0 Å². The van der Waals surface area contributed by atoms with Gasteiger partial charge in [-0.05, 0) is 17.5 Å². The number of hydrogen-bond acceptors (Lipinski definition) is 8. The summed E-state index contributed by atoms with van der Waals surface area (Å²) in [6.45, 7) is 3.93. The lowest BCUT2D eigenvalue weighted by molar-refractivity contribution is -0.402. The molecule has 0 N–H and O–H groups in total. The molecule has 0 aliphatic rings. The van der Waals surface area contributed by atoms with E-state index in [1.54, 1.807) is 0 Å². The van der Waals surface area contributed by atoms with Gasteiger partial charge in [-0.3, -0.25) is 10.1 Å². The van der Waals surface area contributed by atoms with Gasteiger partial charge in [0.25, 0.3) is 5.89 Å². The van der Waals surface area contributed by atoms with Crippen LogP contribution in [0.25, 0.3) is 11.4 Å². The first-order valence-corrected chi connectivity index (χ1v) is 7.78. The van der Waals surface area contributed by atoms with Gasteiger partial charge in [-0.2, -0.15) is 4.98 Å². The minimum absolute atomic E-state index is 0.0994. The van der Waals surface area contributed by atoms with Crippen molar-refractivity contribution in [1.29, 1.82) is 0 Å². The smallest absolute Gasteiger partial charge is 0.433 e. The number of benzene rings is 1. The van der Waals surface area contributed by atoms with Crippen LogP contribution in [-0.2, 0) is 11.3 Å². The van der Waals surface area contributed by atoms with Crippen molar-refractivity contribution >= 4 is 11.9 Å². The standard InChI is InChI=1S/C17H15N3O6/c1-10(2)11-3-5-12(6-4-11)16-18-14(26-19-16)9-24-17(21)13-7-8-15(25-13)20(22)23/h3-8,10H,9H2,1-2H3. The summed E-state index contributed by atoms with van der Waals surface area (Å²) in [5, 5.41) is 14.4. The van der Waals surface area contributed by atoms with Gasteiger partial charge in [0.05, 0.1) is 6.07 Å². The molecule has 0 unspecified atom stereocenters. The molecule has 0 fully saturated rings. The maximum absolute atomic E-state index is 11.8. The van der Waals surface area contributed by atoms with Crippen molar-refractivity contribution in [3.05, 3.63) is 63.7 Å². The first kappa shape index (κ1) is 17.3. The highest BCUT2D eigenvalue weighted by Crippen LogP contribution is 2.21. The summed E-state index contributed by atoms with van der Waals surface area (Å²) in [5.41, 5.74) is 1.97. The van der Waals surface area contributed by atoms with E-state index in [-0.39, 0.29) is 18.3 Å². The van der Waals surface area contributed by atoms with Gasteiger partial charge in [-0.1, -0.05) is 43.3 Å². The van der Waals surface area contributed by atoms with Crippen LogP contribution < -0.4 is 0 Å². The summed E-state index contributed by atoms with van der Waals surface area (Å²) < 4.78 is 14.8. The fraction of sp³-hybridized carbons (Fsp3) is 0.235. The van der Waals surface area contributed by atoms with Gasteiger partial charge in [0, 0.05) is 5.56 Å². The Balaban J connectivity index is 1.62. The van der Waals surface area contributed by atoms with E-state index in [2.05, 4.69) is 24.0 Å². The summed E-state index contributed by atoms with van der Waals surface area (Å²) in [7, 11) is 0. The second kappa shape index (κ2) is 7.18. The Labute approximate surface area is 147 Å². The van der Waals surface area contributed by atoms with Crippen LogP contribution in [0.3, 0.4) is 0 Å².